The highest BCUT2D eigenvalue weighted by Crippen LogP contribution is 2.57. The molecule has 0 amide bonds. The first-order valence-corrected chi connectivity index (χ1v) is 10.4. The molecular formula is C23H25Cl2N. The summed E-state index contributed by atoms with van der Waals surface area (Å²) in [5, 5.41) is 1.57. The molecule has 1 nitrogen and oxygen atoms in total. The second-order valence-electron chi connectivity index (χ2n) is 8.22. The topological polar surface area (TPSA) is 12.4 Å². The van der Waals surface area contributed by atoms with Crippen LogP contribution in [0.3, 0.4) is 0 Å². The highest BCUT2D eigenvalue weighted by atomic mass is 35.5. The highest BCUT2D eigenvalue weighted by molar-refractivity contribution is 6.31. The predicted molar refractivity (Wildman–Crippen MR) is 112 cm³/mol. The van der Waals surface area contributed by atoms with Crippen molar-refractivity contribution in [2.24, 2.45) is 16.8 Å². The summed E-state index contributed by atoms with van der Waals surface area (Å²) in [6.45, 7) is 4.65. The summed E-state index contributed by atoms with van der Waals surface area (Å²) in [4.78, 5) is 4.85. The number of halogens is 2. The Bertz CT molecular complexity index is 842. The van der Waals surface area contributed by atoms with E-state index < -0.39 is 0 Å². The largest absolute Gasteiger partial charge is 0.260 e. The Hall–Kier alpha value is -1.31. The molecule has 3 atom stereocenters. The number of rotatable bonds is 3. The zero-order valence-corrected chi connectivity index (χ0v) is 16.9. The van der Waals surface area contributed by atoms with Crippen LogP contribution in [0, 0.1) is 11.8 Å². The van der Waals surface area contributed by atoms with Gasteiger partial charge in [-0.15, -0.1) is 0 Å². The standard InChI is InChI=1S/C23H25Cl2N/c1-15(2)11-17-6-4-8-20(16-5-3-7-18(24)12-16)23(17)14-26-22-13-19(25)9-10-21(22)23/h3,5,7,9-10,12-15,17,20H,4,6,8,11H2,1-2H3. The van der Waals surface area contributed by atoms with Crippen LogP contribution in [0.4, 0.5) is 5.69 Å². The fraction of sp³-hybridized carbons (Fsp3) is 0.435. The Morgan fingerprint density at radius 2 is 1.88 bits per heavy atom. The first-order valence-electron chi connectivity index (χ1n) is 9.61. The van der Waals surface area contributed by atoms with Crippen molar-refractivity contribution in [2.45, 2.75) is 50.9 Å². The molecule has 136 valence electrons. The number of fused-ring (bicyclic) bond motifs is 2. The van der Waals surface area contributed by atoms with Crippen molar-refractivity contribution in [3.05, 3.63) is 63.6 Å². The molecule has 0 radical (unpaired) electrons. The molecule has 2 aromatic carbocycles. The number of benzene rings is 2. The SMILES string of the molecule is CC(C)CC1CCCC(c2cccc(Cl)c2)C12C=Nc1cc(Cl)ccc12. The minimum absolute atomic E-state index is 0.0485. The molecular weight excluding hydrogens is 361 g/mol. The molecule has 1 heterocycles. The van der Waals surface area contributed by atoms with Crippen LogP contribution in [0.5, 0.6) is 0 Å². The smallest absolute Gasteiger partial charge is 0.0682 e. The Labute approximate surface area is 166 Å². The van der Waals surface area contributed by atoms with Crippen LogP contribution in [0.15, 0.2) is 47.5 Å². The first-order chi connectivity index (χ1) is 12.5. The van der Waals surface area contributed by atoms with Crippen molar-refractivity contribution in [3.63, 3.8) is 0 Å². The summed E-state index contributed by atoms with van der Waals surface area (Å²) >= 11 is 12.6. The van der Waals surface area contributed by atoms with Gasteiger partial charge in [0.25, 0.3) is 0 Å². The number of nitrogens with zero attached hydrogens (tertiary/aromatic N) is 1. The van der Waals surface area contributed by atoms with Gasteiger partial charge in [0.2, 0.25) is 0 Å². The molecule has 1 spiro atoms. The van der Waals surface area contributed by atoms with E-state index in [1.54, 1.807) is 0 Å². The lowest BCUT2D eigenvalue weighted by molar-refractivity contribution is 0.196. The predicted octanol–water partition coefficient (Wildman–Crippen LogP) is 7.58. The van der Waals surface area contributed by atoms with E-state index in [9.17, 15) is 0 Å². The Morgan fingerprint density at radius 3 is 2.65 bits per heavy atom. The van der Waals surface area contributed by atoms with Crippen molar-refractivity contribution < 1.29 is 0 Å². The summed E-state index contributed by atoms with van der Waals surface area (Å²) < 4.78 is 0. The van der Waals surface area contributed by atoms with E-state index in [0.29, 0.717) is 17.8 Å². The van der Waals surface area contributed by atoms with Crippen LogP contribution >= 0.6 is 23.2 Å². The molecule has 1 saturated carbocycles. The monoisotopic (exact) mass is 385 g/mol. The Balaban J connectivity index is 1.88. The van der Waals surface area contributed by atoms with E-state index in [2.05, 4.69) is 44.3 Å². The van der Waals surface area contributed by atoms with Crippen molar-refractivity contribution in [1.82, 2.24) is 0 Å². The molecule has 0 bridgehead atoms. The van der Waals surface area contributed by atoms with Crippen LogP contribution in [-0.4, -0.2) is 6.21 Å². The first kappa shape index (κ1) is 18.1. The average Bonchev–Trinajstić information content (AvgIpc) is 2.95. The molecule has 1 aliphatic heterocycles. The number of aliphatic imine (C=N–C) groups is 1. The summed E-state index contributed by atoms with van der Waals surface area (Å²) in [7, 11) is 0. The van der Waals surface area contributed by atoms with Crippen LogP contribution in [0.25, 0.3) is 0 Å². The number of hydrogen-bond acceptors (Lipinski definition) is 1. The third-order valence-electron chi connectivity index (χ3n) is 6.15. The Morgan fingerprint density at radius 1 is 1.08 bits per heavy atom. The van der Waals surface area contributed by atoms with Gasteiger partial charge in [0.05, 0.1) is 5.69 Å². The van der Waals surface area contributed by atoms with Gasteiger partial charge in [-0.05, 0) is 72.4 Å². The van der Waals surface area contributed by atoms with Gasteiger partial charge in [0.15, 0.2) is 0 Å². The molecule has 0 saturated heterocycles. The van der Waals surface area contributed by atoms with Crippen LogP contribution < -0.4 is 0 Å². The van der Waals surface area contributed by atoms with E-state index >= 15 is 0 Å². The van der Waals surface area contributed by atoms with Gasteiger partial charge in [-0.3, -0.25) is 4.99 Å². The molecule has 2 aromatic rings. The lowest BCUT2D eigenvalue weighted by Gasteiger charge is -2.47. The Kier molecular flexibility index (Phi) is 4.88. The van der Waals surface area contributed by atoms with Gasteiger partial charge in [-0.25, -0.2) is 0 Å². The van der Waals surface area contributed by atoms with Crippen LogP contribution in [-0.2, 0) is 5.41 Å². The molecule has 1 aliphatic carbocycles. The van der Waals surface area contributed by atoms with Gasteiger partial charge in [-0.1, -0.05) is 61.7 Å². The van der Waals surface area contributed by atoms with Crippen LogP contribution in [0.2, 0.25) is 10.0 Å². The van der Waals surface area contributed by atoms with Crippen molar-refractivity contribution in [1.29, 1.82) is 0 Å². The minimum atomic E-state index is -0.0485. The second kappa shape index (κ2) is 7.02. The van der Waals surface area contributed by atoms with Gasteiger partial charge in [-0.2, -0.15) is 0 Å². The van der Waals surface area contributed by atoms with E-state index in [-0.39, 0.29) is 5.41 Å². The quantitative estimate of drug-likeness (QED) is 0.516. The normalized spacial score (nSPS) is 27.3. The molecule has 3 unspecified atom stereocenters. The lowest BCUT2D eigenvalue weighted by Crippen LogP contribution is -2.44. The van der Waals surface area contributed by atoms with Gasteiger partial charge < -0.3 is 0 Å². The molecule has 1 fully saturated rings. The van der Waals surface area contributed by atoms with Crippen molar-refractivity contribution in [3.8, 4) is 0 Å². The summed E-state index contributed by atoms with van der Waals surface area (Å²) in [6.07, 6.45) is 7.14. The van der Waals surface area contributed by atoms with E-state index in [1.807, 2.05) is 18.2 Å². The molecule has 26 heavy (non-hydrogen) atoms. The van der Waals surface area contributed by atoms with Crippen LogP contribution in [0.1, 0.15) is 56.6 Å². The highest BCUT2D eigenvalue weighted by Gasteiger charge is 2.51. The molecule has 4 rings (SSSR count). The maximum atomic E-state index is 6.35. The maximum absolute atomic E-state index is 6.35. The van der Waals surface area contributed by atoms with Gasteiger partial charge >= 0.3 is 0 Å². The third-order valence-corrected chi connectivity index (χ3v) is 6.62. The summed E-state index contributed by atoms with van der Waals surface area (Å²) in [6, 6.07) is 14.7. The van der Waals surface area contributed by atoms with E-state index in [0.717, 1.165) is 15.7 Å². The van der Waals surface area contributed by atoms with E-state index in [1.165, 1.54) is 36.8 Å². The second-order valence-corrected chi connectivity index (χ2v) is 9.09. The molecule has 0 aromatic heterocycles. The lowest BCUT2D eigenvalue weighted by atomic mass is 9.55. The molecule has 3 heteroatoms. The fourth-order valence-corrected chi connectivity index (χ4v) is 5.57. The summed E-state index contributed by atoms with van der Waals surface area (Å²) in [5.41, 5.74) is 3.67. The minimum Gasteiger partial charge on any atom is -0.260 e. The third kappa shape index (κ3) is 3.00. The summed E-state index contributed by atoms with van der Waals surface area (Å²) in [5.74, 6) is 1.66. The van der Waals surface area contributed by atoms with Crippen molar-refractivity contribution in [2.75, 3.05) is 0 Å². The molecule has 2 aliphatic rings. The molecule has 0 N–H and O–H groups in total. The fourth-order valence-electron chi connectivity index (χ4n) is 5.20. The van der Waals surface area contributed by atoms with Crippen molar-refractivity contribution >= 4 is 35.1 Å². The van der Waals surface area contributed by atoms with Gasteiger partial charge in [0, 0.05) is 21.7 Å². The van der Waals surface area contributed by atoms with E-state index in [4.69, 9.17) is 28.2 Å². The maximum Gasteiger partial charge on any atom is 0.0682 e. The number of hydrogen-bond donors (Lipinski definition) is 0. The van der Waals surface area contributed by atoms with Gasteiger partial charge in [0.1, 0.15) is 0 Å². The zero-order valence-electron chi connectivity index (χ0n) is 15.4. The average molecular weight is 386 g/mol. The zero-order chi connectivity index (χ0) is 18.3.